The highest BCUT2D eigenvalue weighted by atomic mass is 32.1. The van der Waals surface area contributed by atoms with E-state index in [1.807, 2.05) is 23.5 Å². The fraction of sp³-hybridized carbons (Fsp3) is 0.560. The summed E-state index contributed by atoms with van der Waals surface area (Å²) in [5.74, 6) is -0.177. The minimum absolute atomic E-state index is 0.177. The van der Waals surface area contributed by atoms with E-state index < -0.39 is 0 Å². The van der Waals surface area contributed by atoms with Gasteiger partial charge in [0, 0.05) is 14.6 Å². The Kier molecular flexibility index (Phi) is 12.0. The molecule has 0 aromatic carbocycles. The predicted molar refractivity (Wildman–Crippen MR) is 128 cm³/mol. The summed E-state index contributed by atoms with van der Waals surface area (Å²) in [5.41, 5.74) is 0. The second-order valence-electron chi connectivity index (χ2n) is 7.58. The Bertz CT molecular complexity index is 714. The SMILES string of the molecule is C=CCCCCCCCCOC(=O)c1ccc(-c2ccc(CCCCCC)s2)s1. The van der Waals surface area contributed by atoms with E-state index in [-0.39, 0.29) is 5.97 Å². The molecule has 2 heterocycles. The third-order valence-electron chi connectivity index (χ3n) is 5.02. The summed E-state index contributed by atoms with van der Waals surface area (Å²) in [7, 11) is 0. The molecule has 0 spiro atoms. The maximum Gasteiger partial charge on any atom is 0.348 e. The molecule has 29 heavy (non-hydrogen) atoms. The number of aryl methyl sites for hydroxylation is 1. The molecule has 0 atom stereocenters. The van der Waals surface area contributed by atoms with E-state index in [4.69, 9.17) is 4.74 Å². The highest BCUT2D eigenvalue weighted by molar-refractivity contribution is 7.23. The van der Waals surface area contributed by atoms with Crippen molar-refractivity contribution in [2.75, 3.05) is 6.61 Å². The number of esters is 1. The van der Waals surface area contributed by atoms with Gasteiger partial charge < -0.3 is 4.74 Å². The lowest BCUT2D eigenvalue weighted by atomic mass is 10.1. The summed E-state index contributed by atoms with van der Waals surface area (Å²) < 4.78 is 5.47. The zero-order valence-electron chi connectivity index (χ0n) is 17.9. The van der Waals surface area contributed by atoms with Crippen molar-refractivity contribution in [1.82, 2.24) is 0 Å². The summed E-state index contributed by atoms with van der Waals surface area (Å²) in [6.45, 7) is 6.52. The summed E-state index contributed by atoms with van der Waals surface area (Å²) in [5, 5.41) is 0. The summed E-state index contributed by atoms with van der Waals surface area (Å²) in [4.78, 5) is 16.9. The number of carbonyl (C=O) groups is 1. The minimum atomic E-state index is -0.177. The molecule has 0 saturated carbocycles. The van der Waals surface area contributed by atoms with Crippen molar-refractivity contribution in [2.24, 2.45) is 0 Å². The average Bonchev–Trinajstić information content (AvgIpc) is 3.39. The van der Waals surface area contributed by atoms with Crippen LogP contribution >= 0.6 is 22.7 Å². The molecule has 0 bridgehead atoms. The van der Waals surface area contributed by atoms with E-state index in [9.17, 15) is 4.79 Å². The first-order chi connectivity index (χ1) is 14.2. The van der Waals surface area contributed by atoms with Gasteiger partial charge in [0.15, 0.2) is 0 Å². The van der Waals surface area contributed by atoms with Gasteiger partial charge in [0.05, 0.1) is 6.61 Å². The third kappa shape index (κ3) is 9.31. The molecule has 0 aliphatic carbocycles. The highest BCUT2D eigenvalue weighted by Gasteiger charge is 2.13. The highest BCUT2D eigenvalue weighted by Crippen LogP contribution is 2.34. The minimum Gasteiger partial charge on any atom is -0.462 e. The third-order valence-corrected chi connectivity index (χ3v) is 7.43. The second kappa shape index (κ2) is 14.6. The van der Waals surface area contributed by atoms with Crippen molar-refractivity contribution in [3.63, 3.8) is 0 Å². The number of ether oxygens (including phenoxy) is 1. The van der Waals surface area contributed by atoms with E-state index >= 15 is 0 Å². The van der Waals surface area contributed by atoms with Gasteiger partial charge in [-0.2, -0.15) is 0 Å². The first-order valence-corrected chi connectivity index (χ1v) is 12.8. The second-order valence-corrected chi connectivity index (χ2v) is 9.83. The van der Waals surface area contributed by atoms with E-state index in [1.165, 1.54) is 72.4 Å². The molecule has 2 aromatic rings. The molecule has 0 radical (unpaired) electrons. The lowest BCUT2D eigenvalue weighted by Crippen LogP contribution is -2.04. The number of carbonyl (C=O) groups excluding carboxylic acids is 1. The Morgan fingerprint density at radius 2 is 1.59 bits per heavy atom. The zero-order chi connectivity index (χ0) is 20.7. The number of rotatable bonds is 16. The van der Waals surface area contributed by atoms with Crippen LogP contribution in [0.2, 0.25) is 0 Å². The van der Waals surface area contributed by atoms with Gasteiger partial charge in [0.25, 0.3) is 0 Å². The molecular weight excluding hydrogens is 396 g/mol. The summed E-state index contributed by atoms with van der Waals surface area (Å²) >= 11 is 3.40. The molecule has 0 fully saturated rings. The predicted octanol–water partition coefficient (Wildman–Crippen LogP) is 8.67. The lowest BCUT2D eigenvalue weighted by Gasteiger charge is -2.03. The topological polar surface area (TPSA) is 26.3 Å². The van der Waals surface area contributed by atoms with Crippen LogP contribution in [-0.2, 0) is 11.2 Å². The molecule has 0 aliphatic rings. The quantitative estimate of drug-likeness (QED) is 0.151. The van der Waals surface area contributed by atoms with Crippen LogP contribution in [0.5, 0.6) is 0 Å². The van der Waals surface area contributed by atoms with E-state index in [1.54, 1.807) is 11.3 Å². The van der Waals surface area contributed by atoms with Gasteiger partial charge in [-0.1, -0.05) is 57.9 Å². The summed E-state index contributed by atoms with van der Waals surface area (Å²) in [6.07, 6.45) is 16.5. The average molecular weight is 433 g/mol. The van der Waals surface area contributed by atoms with Crippen LogP contribution in [0.4, 0.5) is 0 Å². The monoisotopic (exact) mass is 432 g/mol. The number of hydrogen-bond donors (Lipinski definition) is 0. The van der Waals surface area contributed by atoms with Gasteiger partial charge in [-0.05, 0) is 56.4 Å². The molecule has 0 saturated heterocycles. The van der Waals surface area contributed by atoms with Crippen LogP contribution in [0.3, 0.4) is 0 Å². The van der Waals surface area contributed by atoms with Crippen molar-refractivity contribution < 1.29 is 9.53 Å². The van der Waals surface area contributed by atoms with Crippen molar-refractivity contribution in [3.8, 4) is 9.75 Å². The largest absolute Gasteiger partial charge is 0.462 e. The molecule has 4 heteroatoms. The van der Waals surface area contributed by atoms with Crippen LogP contribution in [0.25, 0.3) is 9.75 Å². The van der Waals surface area contributed by atoms with Crippen LogP contribution in [0.1, 0.15) is 92.1 Å². The first kappa shape index (κ1) is 23.9. The van der Waals surface area contributed by atoms with Gasteiger partial charge in [-0.3, -0.25) is 0 Å². The normalized spacial score (nSPS) is 10.9. The van der Waals surface area contributed by atoms with Crippen molar-refractivity contribution in [2.45, 2.75) is 84.0 Å². The molecule has 2 nitrogen and oxygen atoms in total. The molecule has 0 aliphatic heterocycles. The Morgan fingerprint density at radius 1 is 0.897 bits per heavy atom. The fourth-order valence-corrected chi connectivity index (χ4v) is 5.32. The molecule has 2 aromatic heterocycles. The Morgan fingerprint density at radius 3 is 2.38 bits per heavy atom. The standard InChI is InChI=1S/C25H36O2S2/c1-3-5-7-9-10-11-12-14-20-27-25(26)24-19-18-23(29-24)22-17-16-21(28-22)15-13-8-6-4-2/h3,16-19H,1,4-15,20H2,2H3. The van der Waals surface area contributed by atoms with Gasteiger partial charge in [0.2, 0.25) is 0 Å². The summed E-state index contributed by atoms with van der Waals surface area (Å²) in [6, 6.07) is 8.39. The van der Waals surface area contributed by atoms with Crippen molar-refractivity contribution in [3.05, 3.63) is 46.7 Å². The Balaban J connectivity index is 1.66. The number of hydrogen-bond acceptors (Lipinski definition) is 4. The molecule has 2 rings (SSSR count). The molecule has 160 valence electrons. The van der Waals surface area contributed by atoms with Gasteiger partial charge >= 0.3 is 5.97 Å². The van der Waals surface area contributed by atoms with Crippen molar-refractivity contribution in [1.29, 1.82) is 0 Å². The van der Waals surface area contributed by atoms with Crippen molar-refractivity contribution >= 4 is 28.6 Å². The number of unbranched alkanes of at least 4 members (excludes halogenated alkanes) is 9. The maximum atomic E-state index is 12.3. The zero-order valence-corrected chi connectivity index (χ0v) is 19.6. The molecular formula is C25H36O2S2. The molecule has 0 N–H and O–H groups in total. The van der Waals surface area contributed by atoms with Crippen LogP contribution in [-0.4, -0.2) is 12.6 Å². The van der Waals surface area contributed by atoms with Gasteiger partial charge in [-0.25, -0.2) is 4.79 Å². The number of thiophene rings is 2. The fourth-order valence-electron chi connectivity index (χ4n) is 3.28. The maximum absolute atomic E-state index is 12.3. The van der Waals surface area contributed by atoms with Crippen LogP contribution in [0, 0.1) is 0 Å². The van der Waals surface area contributed by atoms with E-state index in [2.05, 4.69) is 31.7 Å². The van der Waals surface area contributed by atoms with E-state index in [0.29, 0.717) is 11.5 Å². The van der Waals surface area contributed by atoms with Crippen LogP contribution < -0.4 is 0 Å². The lowest BCUT2D eigenvalue weighted by molar-refractivity contribution is 0.0503. The van der Waals surface area contributed by atoms with Gasteiger partial charge in [0.1, 0.15) is 4.88 Å². The van der Waals surface area contributed by atoms with Crippen LogP contribution in [0.15, 0.2) is 36.9 Å². The van der Waals surface area contributed by atoms with E-state index in [0.717, 1.165) is 19.3 Å². The van der Waals surface area contributed by atoms with Gasteiger partial charge in [-0.15, -0.1) is 29.3 Å². The Hall–Kier alpha value is -1.39. The smallest absolute Gasteiger partial charge is 0.348 e. The molecule has 0 amide bonds. The first-order valence-electron chi connectivity index (χ1n) is 11.2. The Labute approximate surface area is 185 Å². The molecule has 0 unspecified atom stereocenters. The number of allylic oxidation sites excluding steroid dienone is 1.